The number of nitrogens with zero attached hydrogens (tertiary/aromatic N) is 1. The lowest BCUT2D eigenvalue weighted by atomic mass is 9.75. The molecule has 0 radical (unpaired) electrons. The third-order valence-corrected chi connectivity index (χ3v) is 3.10. The minimum Gasteiger partial charge on any atom is -0.379 e. The number of nitrogens with two attached hydrogens (primary N) is 1. The quantitative estimate of drug-likeness (QED) is 0.565. The number of allylic oxidation sites excluding steroid dienone is 2. The van der Waals surface area contributed by atoms with Crippen LogP contribution in [0.1, 0.15) is 12.8 Å². The van der Waals surface area contributed by atoms with Crippen LogP contribution in [0.5, 0.6) is 0 Å². The molecule has 2 N–H and O–H groups in total. The highest BCUT2D eigenvalue weighted by Gasteiger charge is 2.43. The van der Waals surface area contributed by atoms with E-state index in [0.717, 1.165) is 12.0 Å². The third kappa shape index (κ3) is 1.87. The average Bonchev–Trinajstić information content (AvgIpc) is 2.23. The zero-order valence-electron chi connectivity index (χ0n) is 8.85. The number of rotatable bonds is 4. The number of ether oxygens (including phenoxy) is 1. The first-order valence-corrected chi connectivity index (χ1v) is 5.13. The Kier molecular flexibility index (Phi) is 3.04. The molecule has 0 spiro atoms. The fourth-order valence-corrected chi connectivity index (χ4v) is 2.10. The fourth-order valence-electron chi connectivity index (χ4n) is 2.10. The monoisotopic (exact) mass is 226 g/mol. The molecule has 1 fully saturated rings. The summed E-state index contributed by atoms with van der Waals surface area (Å²) in [6.45, 7) is 1.41. The van der Waals surface area contributed by atoms with Gasteiger partial charge in [-0.2, -0.15) is 0 Å². The van der Waals surface area contributed by atoms with E-state index in [0.29, 0.717) is 26.2 Å². The van der Waals surface area contributed by atoms with Crippen molar-refractivity contribution in [3.05, 3.63) is 33.5 Å². The second-order valence-corrected chi connectivity index (χ2v) is 4.18. The predicted molar refractivity (Wildman–Crippen MR) is 55.8 cm³/mol. The molecular weight excluding hydrogens is 212 g/mol. The Hall–Kier alpha value is -1.24. The molecule has 1 saturated heterocycles. The number of hydrogen-bond acceptors (Lipinski definition) is 5. The Bertz CT molecular complexity index is 358. The fraction of sp³-hybridized carbons (Fsp3) is 0.600. The average molecular weight is 226 g/mol. The lowest BCUT2D eigenvalue weighted by Gasteiger charge is -2.43. The van der Waals surface area contributed by atoms with Crippen LogP contribution in [0.25, 0.3) is 0 Å². The Morgan fingerprint density at radius 3 is 2.88 bits per heavy atom. The molecular formula is C10H14N2O4. The molecule has 1 aliphatic carbocycles. The zero-order chi connectivity index (χ0) is 11.6. The van der Waals surface area contributed by atoms with Crippen molar-refractivity contribution in [3.63, 3.8) is 0 Å². The van der Waals surface area contributed by atoms with Gasteiger partial charge in [0.2, 0.25) is 0 Å². The molecule has 2 rings (SSSR count). The van der Waals surface area contributed by atoms with Gasteiger partial charge in [-0.25, -0.2) is 5.90 Å². The van der Waals surface area contributed by atoms with E-state index in [4.69, 9.17) is 10.6 Å². The van der Waals surface area contributed by atoms with Crippen LogP contribution in [0.2, 0.25) is 0 Å². The topological polar surface area (TPSA) is 87.6 Å². The van der Waals surface area contributed by atoms with Crippen LogP contribution in [0.15, 0.2) is 23.4 Å². The molecule has 0 unspecified atom stereocenters. The Balaban J connectivity index is 2.20. The van der Waals surface area contributed by atoms with Gasteiger partial charge < -0.3 is 9.57 Å². The van der Waals surface area contributed by atoms with Crippen molar-refractivity contribution in [1.29, 1.82) is 0 Å². The van der Waals surface area contributed by atoms with Crippen LogP contribution in [0.3, 0.4) is 0 Å². The molecule has 1 heterocycles. The van der Waals surface area contributed by atoms with Gasteiger partial charge in [0.05, 0.1) is 30.2 Å². The summed E-state index contributed by atoms with van der Waals surface area (Å²) in [5, 5.41) is 10.7. The summed E-state index contributed by atoms with van der Waals surface area (Å²) in [6.07, 6.45) is 4.77. The van der Waals surface area contributed by atoms with Crippen molar-refractivity contribution in [3.8, 4) is 0 Å². The zero-order valence-corrected chi connectivity index (χ0v) is 8.85. The predicted octanol–water partition coefficient (Wildman–Crippen LogP) is 0.774. The normalized spacial score (nSPS) is 23.1. The van der Waals surface area contributed by atoms with E-state index in [-0.39, 0.29) is 16.0 Å². The van der Waals surface area contributed by atoms with E-state index in [2.05, 4.69) is 4.84 Å². The highest BCUT2D eigenvalue weighted by atomic mass is 16.6. The molecule has 0 amide bonds. The van der Waals surface area contributed by atoms with Crippen LogP contribution in [0.4, 0.5) is 0 Å². The summed E-state index contributed by atoms with van der Waals surface area (Å²) in [7, 11) is 0. The second-order valence-electron chi connectivity index (χ2n) is 4.18. The van der Waals surface area contributed by atoms with Gasteiger partial charge >= 0.3 is 0 Å². The maximum Gasteiger partial charge on any atom is 0.265 e. The molecule has 0 aromatic rings. The van der Waals surface area contributed by atoms with Crippen molar-refractivity contribution in [2.75, 3.05) is 19.8 Å². The second kappa shape index (κ2) is 4.32. The van der Waals surface area contributed by atoms with Crippen LogP contribution in [-0.4, -0.2) is 24.7 Å². The molecule has 6 heteroatoms. The minimum atomic E-state index is -0.365. The summed E-state index contributed by atoms with van der Waals surface area (Å²) in [4.78, 5) is 15.0. The van der Waals surface area contributed by atoms with Crippen molar-refractivity contribution in [2.24, 2.45) is 11.3 Å². The van der Waals surface area contributed by atoms with Crippen molar-refractivity contribution >= 4 is 0 Å². The standard InChI is InChI=1S/C10H14N2O4/c11-16-7-10(5-15-6-10)8-2-1-3-9(4-8)12(13)14/h3-4H,1-2,5-7,11H2. The van der Waals surface area contributed by atoms with E-state index in [1.54, 1.807) is 12.2 Å². The van der Waals surface area contributed by atoms with Gasteiger partial charge in [-0.1, -0.05) is 0 Å². The van der Waals surface area contributed by atoms with Crippen molar-refractivity contribution < 1.29 is 14.5 Å². The third-order valence-electron chi connectivity index (χ3n) is 3.10. The van der Waals surface area contributed by atoms with Crippen molar-refractivity contribution in [1.82, 2.24) is 0 Å². The first-order valence-electron chi connectivity index (χ1n) is 5.13. The minimum absolute atomic E-state index is 0.157. The molecule has 1 aliphatic heterocycles. The van der Waals surface area contributed by atoms with Crippen LogP contribution < -0.4 is 5.90 Å². The SMILES string of the molecule is NOCC1(C2=CC([N+](=O)[O-])=CCC2)COC1. The molecule has 16 heavy (non-hydrogen) atoms. The molecule has 0 atom stereocenters. The summed E-state index contributed by atoms with van der Waals surface area (Å²) < 4.78 is 5.17. The highest BCUT2D eigenvalue weighted by molar-refractivity contribution is 5.29. The largest absolute Gasteiger partial charge is 0.379 e. The Morgan fingerprint density at radius 2 is 2.38 bits per heavy atom. The van der Waals surface area contributed by atoms with Gasteiger partial charge in [0.15, 0.2) is 0 Å². The summed E-state index contributed by atoms with van der Waals surface area (Å²) in [5.74, 6) is 5.09. The maximum absolute atomic E-state index is 10.7. The van der Waals surface area contributed by atoms with Gasteiger partial charge in [0, 0.05) is 6.08 Å². The maximum atomic E-state index is 10.7. The lowest BCUT2D eigenvalue weighted by Crippen LogP contribution is -2.48. The highest BCUT2D eigenvalue weighted by Crippen LogP contribution is 2.40. The van der Waals surface area contributed by atoms with E-state index >= 15 is 0 Å². The van der Waals surface area contributed by atoms with Gasteiger partial charge in [-0.15, -0.1) is 0 Å². The molecule has 0 bridgehead atoms. The van der Waals surface area contributed by atoms with E-state index in [9.17, 15) is 10.1 Å². The van der Waals surface area contributed by atoms with Gasteiger partial charge in [0.25, 0.3) is 5.70 Å². The molecule has 0 saturated carbocycles. The van der Waals surface area contributed by atoms with Crippen molar-refractivity contribution in [2.45, 2.75) is 12.8 Å². The Morgan fingerprint density at radius 1 is 1.62 bits per heavy atom. The molecule has 0 aromatic carbocycles. The van der Waals surface area contributed by atoms with E-state index in [1.165, 1.54) is 0 Å². The summed E-state index contributed by atoms with van der Waals surface area (Å²) in [5.41, 5.74) is 0.924. The molecule has 0 aromatic heterocycles. The smallest absolute Gasteiger partial charge is 0.265 e. The summed E-state index contributed by atoms with van der Waals surface area (Å²) in [6, 6.07) is 0. The Labute approximate surface area is 92.8 Å². The first-order chi connectivity index (χ1) is 7.68. The molecule has 6 nitrogen and oxygen atoms in total. The molecule has 88 valence electrons. The number of nitro groups is 1. The van der Waals surface area contributed by atoms with Gasteiger partial charge in [-0.3, -0.25) is 10.1 Å². The van der Waals surface area contributed by atoms with Crippen LogP contribution >= 0.6 is 0 Å². The van der Waals surface area contributed by atoms with Gasteiger partial charge in [-0.05, 0) is 24.5 Å². The molecule has 2 aliphatic rings. The number of hydrogen-bond donors (Lipinski definition) is 1. The van der Waals surface area contributed by atoms with Crippen LogP contribution in [-0.2, 0) is 9.57 Å². The summed E-state index contributed by atoms with van der Waals surface area (Å²) >= 11 is 0. The lowest BCUT2D eigenvalue weighted by molar-refractivity contribution is -0.419. The van der Waals surface area contributed by atoms with Crippen LogP contribution in [0, 0.1) is 15.5 Å². The first kappa shape index (κ1) is 11.3. The van der Waals surface area contributed by atoms with Gasteiger partial charge in [0.1, 0.15) is 0 Å². The van der Waals surface area contributed by atoms with E-state index < -0.39 is 0 Å². The van der Waals surface area contributed by atoms with E-state index in [1.807, 2.05) is 0 Å².